The maximum absolute atomic E-state index is 12.3. The Kier molecular flexibility index (Phi) is 5.66. The van der Waals surface area contributed by atoms with Crippen molar-refractivity contribution in [3.8, 4) is 0 Å². The number of alkyl halides is 3. The summed E-state index contributed by atoms with van der Waals surface area (Å²) in [6, 6.07) is 5.42. The van der Waals surface area contributed by atoms with E-state index < -0.39 is 11.7 Å². The van der Waals surface area contributed by atoms with Crippen molar-refractivity contribution in [2.24, 2.45) is 5.92 Å². The third kappa shape index (κ3) is 5.54. The van der Waals surface area contributed by atoms with Crippen LogP contribution in [0, 0.1) is 5.92 Å². The molecule has 1 nitrogen and oxygen atoms in total. The number of nitrogens with one attached hydrogen (secondary N) is 1. The van der Waals surface area contributed by atoms with E-state index in [1.54, 1.807) is 12.1 Å². The van der Waals surface area contributed by atoms with Gasteiger partial charge in [-0.05, 0) is 49.5 Å². The zero-order valence-corrected chi connectivity index (χ0v) is 10.8. The van der Waals surface area contributed by atoms with Crippen LogP contribution < -0.4 is 5.32 Å². The van der Waals surface area contributed by atoms with E-state index in [-0.39, 0.29) is 0 Å². The molecule has 1 rings (SSSR count). The summed E-state index contributed by atoms with van der Waals surface area (Å²) in [6.45, 7) is 6.16. The fourth-order valence-corrected chi connectivity index (χ4v) is 1.67. The van der Waals surface area contributed by atoms with Gasteiger partial charge in [-0.1, -0.05) is 26.0 Å². The second-order valence-corrected chi connectivity index (χ2v) is 4.90. The van der Waals surface area contributed by atoms with Crippen molar-refractivity contribution in [1.29, 1.82) is 0 Å². The molecule has 0 bridgehead atoms. The quantitative estimate of drug-likeness (QED) is 0.764. The van der Waals surface area contributed by atoms with Gasteiger partial charge in [-0.15, -0.1) is 0 Å². The van der Waals surface area contributed by atoms with E-state index in [0.717, 1.165) is 43.6 Å². The summed E-state index contributed by atoms with van der Waals surface area (Å²) in [6.07, 6.45) is -2.49. The van der Waals surface area contributed by atoms with Gasteiger partial charge in [-0.25, -0.2) is 0 Å². The maximum atomic E-state index is 12.3. The van der Waals surface area contributed by atoms with E-state index in [2.05, 4.69) is 19.2 Å². The van der Waals surface area contributed by atoms with Crippen LogP contribution in [0.4, 0.5) is 13.2 Å². The summed E-state index contributed by atoms with van der Waals surface area (Å²) in [5.41, 5.74) is 0.374. The minimum atomic E-state index is -4.24. The molecule has 0 saturated carbocycles. The predicted octanol–water partition coefficient (Wildman–Crippen LogP) is 3.88. The second-order valence-electron chi connectivity index (χ2n) is 4.90. The first kappa shape index (κ1) is 15.0. The van der Waals surface area contributed by atoms with E-state index in [9.17, 15) is 13.2 Å². The van der Waals surface area contributed by atoms with Crippen LogP contribution in [0.15, 0.2) is 24.3 Å². The molecule has 0 amide bonds. The first-order valence-corrected chi connectivity index (χ1v) is 6.26. The monoisotopic (exact) mass is 259 g/mol. The van der Waals surface area contributed by atoms with Gasteiger partial charge in [-0.2, -0.15) is 13.2 Å². The summed E-state index contributed by atoms with van der Waals surface area (Å²) in [4.78, 5) is 0. The summed E-state index contributed by atoms with van der Waals surface area (Å²) in [7, 11) is 0. The molecule has 0 fully saturated rings. The van der Waals surface area contributed by atoms with Gasteiger partial charge in [-0.3, -0.25) is 0 Å². The Morgan fingerprint density at radius 2 is 1.72 bits per heavy atom. The lowest BCUT2D eigenvalue weighted by molar-refractivity contribution is -0.137. The van der Waals surface area contributed by atoms with Crippen molar-refractivity contribution >= 4 is 0 Å². The van der Waals surface area contributed by atoms with Gasteiger partial charge in [0.2, 0.25) is 0 Å². The Hall–Kier alpha value is -1.03. The third-order valence-corrected chi connectivity index (χ3v) is 2.65. The van der Waals surface area contributed by atoms with Crippen LogP contribution in [0.25, 0.3) is 0 Å². The molecule has 0 spiro atoms. The molecule has 4 heteroatoms. The number of rotatable bonds is 6. The maximum Gasteiger partial charge on any atom is 0.416 e. The summed E-state index contributed by atoms with van der Waals surface area (Å²) in [5.74, 6) is 0.621. The number of halogens is 3. The van der Waals surface area contributed by atoms with Gasteiger partial charge in [0, 0.05) is 0 Å². The highest BCUT2D eigenvalue weighted by Crippen LogP contribution is 2.29. The highest BCUT2D eigenvalue weighted by molar-refractivity contribution is 5.24. The molecule has 18 heavy (non-hydrogen) atoms. The van der Waals surface area contributed by atoms with E-state index in [1.807, 2.05) is 0 Å². The lowest BCUT2D eigenvalue weighted by Gasteiger charge is -2.09. The van der Waals surface area contributed by atoms with Gasteiger partial charge in [0.15, 0.2) is 0 Å². The van der Waals surface area contributed by atoms with Crippen molar-refractivity contribution in [2.45, 2.75) is 32.9 Å². The van der Waals surface area contributed by atoms with Gasteiger partial charge in [0.05, 0.1) is 5.56 Å². The summed E-state index contributed by atoms with van der Waals surface area (Å²) in [5, 5.41) is 3.31. The smallest absolute Gasteiger partial charge is 0.316 e. The molecule has 1 aromatic rings. The highest BCUT2D eigenvalue weighted by Gasteiger charge is 2.29. The topological polar surface area (TPSA) is 12.0 Å². The number of aryl methyl sites for hydroxylation is 1. The molecule has 1 N–H and O–H groups in total. The molecular weight excluding hydrogens is 239 g/mol. The van der Waals surface area contributed by atoms with Crippen molar-refractivity contribution in [3.63, 3.8) is 0 Å². The van der Waals surface area contributed by atoms with Crippen LogP contribution in [0.2, 0.25) is 0 Å². The first-order valence-electron chi connectivity index (χ1n) is 6.26. The standard InChI is InChI=1S/C14H20F3N/c1-11(2)10-18-9-3-4-12-5-7-13(8-6-12)14(15,16)17/h5-8,11,18H,3-4,9-10H2,1-2H3. The number of hydrogen-bond donors (Lipinski definition) is 1. The molecule has 102 valence electrons. The van der Waals surface area contributed by atoms with Crippen LogP contribution >= 0.6 is 0 Å². The Morgan fingerprint density at radius 3 is 2.22 bits per heavy atom. The zero-order valence-electron chi connectivity index (χ0n) is 10.8. The zero-order chi connectivity index (χ0) is 13.6. The summed E-state index contributed by atoms with van der Waals surface area (Å²) >= 11 is 0. The predicted molar refractivity (Wildman–Crippen MR) is 67.5 cm³/mol. The van der Waals surface area contributed by atoms with Gasteiger partial charge >= 0.3 is 6.18 Å². The molecule has 1 aromatic carbocycles. The van der Waals surface area contributed by atoms with Crippen LogP contribution in [0.5, 0.6) is 0 Å². The largest absolute Gasteiger partial charge is 0.416 e. The molecule has 0 aliphatic carbocycles. The lowest BCUT2D eigenvalue weighted by Crippen LogP contribution is -2.21. The average Bonchev–Trinajstić information content (AvgIpc) is 2.27. The first-order chi connectivity index (χ1) is 8.39. The Morgan fingerprint density at radius 1 is 1.11 bits per heavy atom. The van der Waals surface area contributed by atoms with Crippen LogP contribution in [0.3, 0.4) is 0 Å². The van der Waals surface area contributed by atoms with E-state index in [0.29, 0.717) is 5.92 Å². The number of benzene rings is 1. The fourth-order valence-electron chi connectivity index (χ4n) is 1.67. The van der Waals surface area contributed by atoms with E-state index in [4.69, 9.17) is 0 Å². The SMILES string of the molecule is CC(C)CNCCCc1ccc(C(F)(F)F)cc1. The van der Waals surface area contributed by atoms with Crippen molar-refractivity contribution in [3.05, 3.63) is 35.4 Å². The molecule has 0 saturated heterocycles. The summed E-state index contributed by atoms with van der Waals surface area (Å²) < 4.78 is 37.0. The second kappa shape index (κ2) is 6.78. The average molecular weight is 259 g/mol. The third-order valence-electron chi connectivity index (χ3n) is 2.65. The van der Waals surface area contributed by atoms with Crippen LogP contribution in [-0.4, -0.2) is 13.1 Å². The molecule has 0 atom stereocenters. The minimum Gasteiger partial charge on any atom is -0.316 e. The fraction of sp³-hybridized carbons (Fsp3) is 0.571. The van der Waals surface area contributed by atoms with Crippen molar-refractivity contribution in [2.75, 3.05) is 13.1 Å². The molecule has 0 unspecified atom stereocenters. The molecule has 0 radical (unpaired) electrons. The molecule has 0 aliphatic rings. The molecular formula is C14H20F3N. The van der Waals surface area contributed by atoms with Crippen molar-refractivity contribution in [1.82, 2.24) is 5.32 Å². The van der Waals surface area contributed by atoms with Gasteiger partial charge in [0.25, 0.3) is 0 Å². The Bertz CT molecular complexity index is 341. The van der Waals surface area contributed by atoms with Gasteiger partial charge in [0.1, 0.15) is 0 Å². The molecule has 0 aromatic heterocycles. The van der Waals surface area contributed by atoms with Crippen LogP contribution in [0.1, 0.15) is 31.4 Å². The van der Waals surface area contributed by atoms with Gasteiger partial charge < -0.3 is 5.32 Å². The normalized spacial score (nSPS) is 12.1. The highest BCUT2D eigenvalue weighted by atomic mass is 19.4. The van der Waals surface area contributed by atoms with E-state index in [1.165, 1.54) is 0 Å². The molecule has 0 heterocycles. The minimum absolute atomic E-state index is 0.579. The molecule has 0 aliphatic heterocycles. The van der Waals surface area contributed by atoms with Crippen molar-refractivity contribution < 1.29 is 13.2 Å². The Labute approximate surface area is 106 Å². The van der Waals surface area contributed by atoms with E-state index >= 15 is 0 Å². The lowest BCUT2D eigenvalue weighted by atomic mass is 10.1. The van der Waals surface area contributed by atoms with Crippen LogP contribution in [-0.2, 0) is 12.6 Å². The Balaban J connectivity index is 2.31. The number of hydrogen-bond acceptors (Lipinski definition) is 1.